The van der Waals surface area contributed by atoms with E-state index < -0.39 is 5.60 Å². The van der Waals surface area contributed by atoms with E-state index in [4.69, 9.17) is 14.9 Å². The van der Waals surface area contributed by atoms with Crippen molar-refractivity contribution in [3.05, 3.63) is 71.8 Å². The van der Waals surface area contributed by atoms with Gasteiger partial charge in [-0.25, -0.2) is 4.79 Å². The monoisotopic (exact) mass is 685 g/mol. The molecule has 2 aromatic rings. The van der Waals surface area contributed by atoms with Crippen molar-refractivity contribution >= 4 is 6.09 Å². The number of ether oxygens (including phenoxy) is 1. The number of hydrogen-bond donors (Lipinski definition) is 4. The van der Waals surface area contributed by atoms with E-state index in [1.165, 1.54) is 24.0 Å². The van der Waals surface area contributed by atoms with Gasteiger partial charge in [-0.1, -0.05) is 68.1 Å². The van der Waals surface area contributed by atoms with Gasteiger partial charge in [0.15, 0.2) is 0 Å². The Bertz CT molecular complexity index is 1060. The van der Waals surface area contributed by atoms with Gasteiger partial charge in [0.25, 0.3) is 0 Å². The Morgan fingerprint density at radius 2 is 1.04 bits per heavy atom. The summed E-state index contributed by atoms with van der Waals surface area (Å²) >= 11 is 0. The highest BCUT2D eigenvalue weighted by atomic mass is 16.6. The first-order valence-electron chi connectivity index (χ1n) is 18.4. The maximum atomic E-state index is 12.0. The predicted molar refractivity (Wildman–Crippen MR) is 199 cm³/mol. The number of aliphatic hydroxyl groups excluding tert-OH is 4. The second-order valence-corrected chi connectivity index (χ2v) is 14.9. The molecule has 278 valence electrons. The molecule has 4 N–H and O–H groups in total. The van der Waals surface area contributed by atoms with Crippen LogP contribution in [0.1, 0.15) is 110 Å². The van der Waals surface area contributed by atoms with Crippen LogP contribution in [0.4, 0.5) is 4.79 Å². The standard InChI is InChI=1S/C24H33NO2.C16H31NO4.CH4/c26-17-13-21(14-18-27)19-20-11-15-25(16-12-20)24(22-7-3-1-4-8-22)23-9-5-2-6-10-23;1-16(2,3)21-15(20)17-8-4-13(5-9-17)12-14(6-10-18)7-11-19;/h1-10,20-21,24,26-27H,11-19H2;13-14,18-19H,4-12H2,1-3H3;1H4. The van der Waals surface area contributed by atoms with Crippen molar-refractivity contribution in [1.82, 2.24) is 9.80 Å². The van der Waals surface area contributed by atoms with E-state index in [1.807, 2.05) is 20.8 Å². The van der Waals surface area contributed by atoms with Gasteiger partial charge in [-0.05, 0) is 133 Å². The molecule has 0 spiro atoms. The summed E-state index contributed by atoms with van der Waals surface area (Å²) in [5.41, 5.74) is 2.28. The minimum atomic E-state index is -0.443. The molecule has 8 nitrogen and oxygen atoms in total. The second-order valence-electron chi connectivity index (χ2n) is 14.9. The van der Waals surface area contributed by atoms with Gasteiger partial charge in [-0.2, -0.15) is 0 Å². The van der Waals surface area contributed by atoms with Crippen LogP contribution in [0.25, 0.3) is 0 Å². The maximum absolute atomic E-state index is 12.0. The topological polar surface area (TPSA) is 114 Å². The van der Waals surface area contributed by atoms with Gasteiger partial charge in [0.1, 0.15) is 5.60 Å². The molecule has 2 aromatic carbocycles. The average molecular weight is 685 g/mol. The van der Waals surface area contributed by atoms with Crippen molar-refractivity contribution in [2.45, 2.75) is 104 Å². The molecule has 1 amide bonds. The molecule has 2 aliphatic rings. The molecule has 0 unspecified atom stereocenters. The van der Waals surface area contributed by atoms with Crippen LogP contribution in [0.5, 0.6) is 0 Å². The van der Waals surface area contributed by atoms with Crippen LogP contribution in [0.3, 0.4) is 0 Å². The number of piperidine rings is 2. The molecule has 0 aromatic heterocycles. The van der Waals surface area contributed by atoms with Gasteiger partial charge in [0, 0.05) is 39.5 Å². The fourth-order valence-corrected chi connectivity index (χ4v) is 7.44. The molecule has 2 aliphatic heterocycles. The van der Waals surface area contributed by atoms with E-state index in [1.54, 1.807) is 4.90 Å². The summed E-state index contributed by atoms with van der Waals surface area (Å²) in [4.78, 5) is 16.4. The summed E-state index contributed by atoms with van der Waals surface area (Å²) in [7, 11) is 0. The molecule has 4 rings (SSSR count). The van der Waals surface area contributed by atoms with Crippen molar-refractivity contribution in [3.8, 4) is 0 Å². The Hall–Kier alpha value is -2.49. The van der Waals surface area contributed by atoms with Crippen LogP contribution in [0.15, 0.2) is 60.7 Å². The van der Waals surface area contributed by atoms with E-state index >= 15 is 0 Å². The number of hydrogen-bond acceptors (Lipinski definition) is 7. The zero-order chi connectivity index (χ0) is 34.8. The molecule has 2 saturated heterocycles. The Morgan fingerprint density at radius 1 is 0.673 bits per heavy atom. The van der Waals surface area contributed by atoms with E-state index in [0.29, 0.717) is 29.7 Å². The van der Waals surface area contributed by atoms with Crippen molar-refractivity contribution < 1.29 is 30.0 Å². The summed E-state index contributed by atoms with van der Waals surface area (Å²) in [5, 5.41) is 36.7. The van der Waals surface area contributed by atoms with Gasteiger partial charge in [-0.3, -0.25) is 4.90 Å². The summed E-state index contributed by atoms with van der Waals surface area (Å²) in [6.45, 7) is 10.2. The zero-order valence-corrected chi connectivity index (χ0v) is 29.9. The summed E-state index contributed by atoms with van der Waals surface area (Å²) < 4.78 is 5.39. The fraction of sp³-hybridized carbons (Fsp3) is 0.683. The predicted octanol–water partition coefficient (Wildman–Crippen LogP) is 7.30. The molecule has 2 heterocycles. The van der Waals surface area contributed by atoms with Crippen molar-refractivity contribution in [2.75, 3.05) is 52.6 Å². The van der Waals surface area contributed by atoms with Crippen molar-refractivity contribution in [3.63, 3.8) is 0 Å². The Kier molecular flexibility index (Phi) is 20.1. The molecule has 0 bridgehead atoms. The highest BCUT2D eigenvalue weighted by molar-refractivity contribution is 5.68. The van der Waals surface area contributed by atoms with Gasteiger partial charge in [0.2, 0.25) is 0 Å². The average Bonchev–Trinajstić information content (AvgIpc) is 3.07. The highest BCUT2D eigenvalue weighted by Gasteiger charge is 2.29. The molecule has 0 radical (unpaired) electrons. The molecule has 49 heavy (non-hydrogen) atoms. The number of rotatable bonds is 15. The molecule has 8 heteroatoms. The summed E-state index contributed by atoms with van der Waals surface area (Å²) in [6, 6.07) is 22.0. The zero-order valence-electron chi connectivity index (χ0n) is 29.9. The third-order valence-corrected chi connectivity index (χ3v) is 9.99. The number of amides is 1. The first-order valence-corrected chi connectivity index (χ1v) is 18.4. The Balaban J connectivity index is 0.000000345. The second kappa shape index (κ2) is 23.1. The van der Waals surface area contributed by atoms with Crippen LogP contribution >= 0.6 is 0 Å². The highest BCUT2D eigenvalue weighted by Crippen LogP contribution is 2.35. The van der Waals surface area contributed by atoms with Crippen molar-refractivity contribution in [2.24, 2.45) is 23.7 Å². The quantitative estimate of drug-likeness (QED) is 0.156. The SMILES string of the molecule is C.CC(C)(C)OC(=O)N1CCC(CC(CCO)CCO)CC1.OCCC(CCO)CC1CCN(C(c2ccccc2)c2ccccc2)CC1. The lowest BCUT2D eigenvalue weighted by Gasteiger charge is -2.39. The van der Waals surface area contributed by atoms with Gasteiger partial charge >= 0.3 is 6.09 Å². The number of carbonyl (C=O) groups is 1. The largest absolute Gasteiger partial charge is 0.444 e. The number of likely N-dealkylation sites (tertiary alicyclic amines) is 2. The first kappa shape index (κ1) is 42.7. The molecular weight excluding hydrogens is 616 g/mol. The van der Waals surface area contributed by atoms with Crippen LogP contribution in [-0.2, 0) is 4.74 Å². The number of carbonyl (C=O) groups excluding carboxylic acids is 1. The van der Waals surface area contributed by atoms with Crippen LogP contribution < -0.4 is 0 Å². The molecule has 0 atom stereocenters. The van der Waals surface area contributed by atoms with E-state index in [9.17, 15) is 15.0 Å². The van der Waals surface area contributed by atoms with Gasteiger partial charge in [-0.15, -0.1) is 0 Å². The number of aliphatic hydroxyl groups is 4. The third-order valence-electron chi connectivity index (χ3n) is 9.99. The normalized spacial score (nSPS) is 16.4. The molecular formula is C41H68N2O6. The smallest absolute Gasteiger partial charge is 0.410 e. The molecule has 2 fully saturated rings. The van der Waals surface area contributed by atoms with E-state index in [0.717, 1.165) is 77.5 Å². The minimum Gasteiger partial charge on any atom is -0.444 e. The lowest BCUT2D eigenvalue weighted by molar-refractivity contribution is 0.0173. The lowest BCUT2D eigenvalue weighted by Crippen LogP contribution is -2.42. The van der Waals surface area contributed by atoms with E-state index in [2.05, 4.69) is 65.6 Å². The van der Waals surface area contributed by atoms with Crippen LogP contribution in [0.2, 0.25) is 0 Å². The number of benzene rings is 2. The third kappa shape index (κ3) is 15.5. The minimum absolute atomic E-state index is 0. The van der Waals surface area contributed by atoms with Crippen LogP contribution in [-0.4, -0.2) is 94.5 Å². The first-order chi connectivity index (χ1) is 23.2. The van der Waals surface area contributed by atoms with Crippen molar-refractivity contribution in [1.29, 1.82) is 0 Å². The maximum Gasteiger partial charge on any atom is 0.410 e. The number of nitrogens with zero attached hydrogens (tertiary/aromatic N) is 2. The lowest BCUT2D eigenvalue weighted by atomic mass is 9.83. The molecule has 0 saturated carbocycles. The Morgan fingerprint density at radius 3 is 1.39 bits per heavy atom. The molecule has 0 aliphatic carbocycles. The van der Waals surface area contributed by atoms with E-state index in [-0.39, 0.29) is 39.9 Å². The Labute approximate surface area is 297 Å². The summed E-state index contributed by atoms with van der Waals surface area (Å²) in [6.07, 6.45) is 9.45. The van der Waals surface area contributed by atoms with Crippen LogP contribution in [0, 0.1) is 23.7 Å². The van der Waals surface area contributed by atoms with Gasteiger partial charge in [0.05, 0.1) is 6.04 Å². The fourth-order valence-electron chi connectivity index (χ4n) is 7.44. The van der Waals surface area contributed by atoms with Gasteiger partial charge < -0.3 is 30.1 Å². The summed E-state index contributed by atoms with van der Waals surface area (Å²) in [5.74, 6) is 2.12.